The molecule has 0 saturated heterocycles. The Hall–Kier alpha value is -1.74. The van der Waals surface area contributed by atoms with E-state index in [1.807, 2.05) is 18.2 Å². The lowest BCUT2D eigenvalue weighted by atomic mass is 9.71. The van der Waals surface area contributed by atoms with Gasteiger partial charge in [0.2, 0.25) is 0 Å². The Morgan fingerprint density at radius 2 is 2.00 bits per heavy atom. The standard InChI is InChI=1S/C15H15ClN2O/c16-12-9-13(17-10-12)14(19)18-15(7-4-8-15)11-5-2-1-3-6-11/h1-3,5-6,9-10,17H,4,7-8H2,(H,18,19). The molecule has 0 unspecified atom stereocenters. The van der Waals surface area contributed by atoms with Crippen molar-refractivity contribution in [1.29, 1.82) is 0 Å². The number of hydrogen-bond acceptors (Lipinski definition) is 1. The van der Waals surface area contributed by atoms with Gasteiger partial charge in [0.15, 0.2) is 0 Å². The van der Waals surface area contributed by atoms with Crippen LogP contribution in [0.4, 0.5) is 0 Å². The average Bonchev–Trinajstić information content (AvgIpc) is 2.81. The number of amides is 1. The van der Waals surface area contributed by atoms with E-state index >= 15 is 0 Å². The predicted octanol–water partition coefficient (Wildman–Crippen LogP) is 3.48. The number of halogens is 1. The summed E-state index contributed by atoms with van der Waals surface area (Å²) in [6.07, 6.45) is 4.72. The Labute approximate surface area is 117 Å². The summed E-state index contributed by atoms with van der Waals surface area (Å²) in [5, 5.41) is 3.70. The van der Waals surface area contributed by atoms with Gasteiger partial charge in [0.25, 0.3) is 5.91 Å². The summed E-state index contributed by atoms with van der Waals surface area (Å²) in [7, 11) is 0. The lowest BCUT2D eigenvalue weighted by Crippen LogP contribution is -2.50. The SMILES string of the molecule is O=C(NC1(c2ccccc2)CCC1)c1cc(Cl)c[nH]1. The summed E-state index contributed by atoms with van der Waals surface area (Å²) >= 11 is 5.83. The van der Waals surface area contributed by atoms with Crippen molar-refractivity contribution in [2.24, 2.45) is 0 Å². The summed E-state index contributed by atoms with van der Waals surface area (Å²) in [5.74, 6) is -0.101. The van der Waals surface area contributed by atoms with Gasteiger partial charge in [-0.05, 0) is 30.9 Å². The van der Waals surface area contributed by atoms with Gasteiger partial charge >= 0.3 is 0 Å². The lowest BCUT2D eigenvalue weighted by Gasteiger charge is -2.43. The van der Waals surface area contributed by atoms with E-state index in [4.69, 9.17) is 11.6 Å². The molecule has 4 heteroatoms. The molecule has 0 spiro atoms. The van der Waals surface area contributed by atoms with Crippen LogP contribution < -0.4 is 5.32 Å². The van der Waals surface area contributed by atoms with E-state index in [9.17, 15) is 4.79 Å². The zero-order valence-corrected chi connectivity index (χ0v) is 11.2. The molecule has 2 aromatic rings. The van der Waals surface area contributed by atoms with E-state index in [-0.39, 0.29) is 11.4 Å². The lowest BCUT2D eigenvalue weighted by molar-refractivity contribution is 0.0819. The van der Waals surface area contributed by atoms with Crippen LogP contribution in [0.1, 0.15) is 35.3 Å². The zero-order chi connectivity index (χ0) is 13.3. The molecule has 1 saturated carbocycles. The normalized spacial score (nSPS) is 16.7. The zero-order valence-electron chi connectivity index (χ0n) is 10.4. The Kier molecular flexibility index (Phi) is 3.07. The minimum atomic E-state index is -0.212. The van der Waals surface area contributed by atoms with Crippen LogP contribution in [0.25, 0.3) is 0 Å². The number of hydrogen-bond donors (Lipinski definition) is 2. The fraction of sp³-hybridized carbons (Fsp3) is 0.267. The highest BCUT2D eigenvalue weighted by Crippen LogP contribution is 2.41. The maximum Gasteiger partial charge on any atom is 0.268 e. The van der Waals surface area contributed by atoms with E-state index in [0.717, 1.165) is 19.3 Å². The maximum absolute atomic E-state index is 12.2. The largest absolute Gasteiger partial charge is 0.356 e. The van der Waals surface area contributed by atoms with Crippen molar-refractivity contribution in [3.05, 3.63) is 58.9 Å². The number of aromatic nitrogens is 1. The minimum absolute atomic E-state index is 0.101. The van der Waals surface area contributed by atoms with Crippen LogP contribution in [0.5, 0.6) is 0 Å². The molecule has 0 radical (unpaired) electrons. The Balaban J connectivity index is 1.82. The van der Waals surface area contributed by atoms with Crippen molar-refractivity contribution >= 4 is 17.5 Å². The molecule has 0 bridgehead atoms. The van der Waals surface area contributed by atoms with Gasteiger partial charge in [-0.2, -0.15) is 0 Å². The van der Waals surface area contributed by atoms with Crippen LogP contribution in [0.15, 0.2) is 42.6 Å². The van der Waals surface area contributed by atoms with Gasteiger partial charge in [0.1, 0.15) is 5.69 Å². The highest BCUT2D eigenvalue weighted by atomic mass is 35.5. The van der Waals surface area contributed by atoms with Crippen LogP contribution in [0, 0.1) is 0 Å². The molecule has 1 aromatic heterocycles. The van der Waals surface area contributed by atoms with E-state index in [2.05, 4.69) is 22.4 Å². The fourth-order valence-electron chi connectivity index (χ4n) is 2.56. The molecule has 1 aliphatic carbocycles. The smallest absolute Gasteiger partial charge is 0.268 e. The fourth-order valence-corrected chi connectivity index (χ4v) is 2.72. The van der Waals surface area contributed by atoms with Crippen molar-refractivity contribution in [3.8, 4) is 0 Å². The van der Waals surface area contributed by atoms with Crippen molar-refractivity contribution in [3.63, 3.8) is 0 Å². The van der Waals surface area contributed by atoms with Gasteiger partial charge in [-0.25, -0.2) is 0 Å². The molecule has 1 heterocycles. The van der Waals surface area contributed by atoms with Crippen molar-refractivity contribution in [1.82, 2.24) is 10.3 Å². The Bertz CT molecular complexity index is 587. The Morgan fingerprint density at radius 3 is 2.53 bits per heavy atom. The van der Waals surface area contributed by atoms with Crippen LogP contribution >= 0.6 is 11.6 Å². The summed E-state index contributed by atoms with van der Waals surface area (Å²) in [4.78, 5) is 15.1. The molecule has 3 nitrogen and oxygen atoms in total. The quantitative estimate of drug-likeness (QED) is 0.884. The summed E-state index contributed by atoms with van der Waals surface area (Å²) in [6.45, 7) is 0. The third kappa shape index (κ3) is 2.26. The number of rotatable bonds is 3. The molecule has 1 fully saturated rings. The van der Waals surface area contributed by atoms with Crippen LogP contribution in [-0.4, -0.2) is 10.9 Å². The molecule has 1 aromatic carbocycles. The van der Waals surface area contributed by atoms with E-state index in [1.54, 1.807) is 12.3 Å². The second kappa shape index (κ2) is 4.74. The Morgan fingerprint density at radius 1 is 1.26 bits per heavy atom. The van der Waals surface area contributed by atoms with Crippen molar-refractivity contribution in [2.45, 2.75) is 24.8 Å². The number of H-pyrrole nitrogens is 1. The van der Waals surface area contributed by atoms with E-state index < -0.39 is 0 Å². The van der Waals surface area contributed by atoms with E-state index in [0.29, 0.717) is 10.7 Å². The third-order valence-electron chi connectivity index (χ3n) is 3.78. The highest BCUT2D eigenvalue weighted by Gasteiger charge is 2.40. The number of aromatic amines is 1. The topological polar surface area (TPSA) is 44.9 Å². The van der Waals surface area contributed by atoms with Gasteiger partial charge in [-0.3, -0.25) is 4.79 Å². The molecule has 0 aliphatic heterocycles. The molecule has 98 valence electrons. The van der Waals surface area contributed by atoms with E-state index in [1.165, 1.54) is 5.56 Å². The molecular formula is C15H15ClN2O. The minimum Gasteiger partial charge on any atom is -0.356 e. The molecule has 1 amide bonds. The van der Waals surface area contributed by atoms with Gasteiger partial charge in [-0.1, -0.05) is 41.9 Å². The molecule has 0 atom stereocenters. The number of carbonyl (C=O) groups is 1. The number of nitrogens with one attached hydrogen (secondary N) is 2. The second-order valence-electron chi connectivity index (χ2n) is 4.99. The molecule has 1 aliphatic rings. The summed E-state index contributed by atoms with van der Waals surface area (Å²) in [6, 6.07) is 11.8. The first-order chi connectivity index (χ1) is 9.20. The molecule has 2 N–H and O–H groups in total. The molecule has 19 heavy (non-hydrogen) atoms. The average molecular weight is 275 g/mol. The van der Waals surface area contributed by atoms with Crippen molar-refractivity contribution in [2.75, 3.05) is 0 Å². The summed E-state index contributed by atoms with van der Waals surface area (Å²) in [5.41, 5.74) is 1.47. The van der Waals surface area contributed by atoms with Crippen molar-refractivity contribution < 1.29 is 4.79 Å². The van der Waals surface area contributed by atoms with Gasteiger partial charge in [0, 0.05) is 6.20 Å². The molecule has 3 rings (SSSR count). The first kappa shape index (κ1) is 12.3. The predicted molar refractivity (Wildman–Crippen MR) is 75.2 cm³/mol. The second-order valence-corrected chi connectivity index (χ2v) is 5.42. The van der Waals surface area contributed by atoms with Gasteiger partial charge in [-0.15, -0.1) is 0 Å². The first-order valence-corrected chi connectivity index (χ1v) is 6.79. The van der Waals surface area contributed by atoms with Crippen LogP contribution in [-0.2, 0) is 5.54 Å². The van der Waals surface area contributed by atoms with Gasteiger partial charge < -0.3 is 10.3 Å². The third-order valence-corrected chi connectivity index (χ3v) is 4.00. The number of benzene rings is 1. The maximum atomic E-state index is 12.2. The summed E-state index contributed by atoms with van der Waals surface area (Å²) < 4.78 is 0. The number of carbonyl (C=O) groups excluding carboxylic acids is 1. The van der Waals surface area contributed by atoms with Crippen LogP contribution in [0.3, 0.4) is 0 Å². The monoisotopic (exact) mass is 274 g/mol. The van der Waals surface area contributed by atoms with Gasteiger partial charge in [0.05, 0.1) is 10.6 Å². The molecular weight excluding hydrogens is 260 g/mol. The van der Waals surface area contributed by atoms with Crippen LogP contribution in [0.2, 0.25) is 5.02 Å². The highest BCUT2D eigenvalue weighted by molar-refractivity contribution is 6.30. The first-order valence-electron chi connectivity index (χ1n) is 6.42.